The molecule has 0 aliphatic rings. The molecule has 0 aliphatic carbocycles. The van der Waals surface area contributed by atoms with Crippen LogP contribution in [0.5, 0.6) is 0 Å². The van der Waals surface area contributed by atoms with Crippen LogP contribution in [0, 0.1) is 6.92 Å². The van der Waals surface area contributed by atoms with Gasteiger partial charge in [0.05, 0.1) is 0 Å². The van der Waals surface area contributed by atoms with Crippen molar-refractivity contribution in [1.29, 1.82) is 0 Å². The fourth-order valence-electron chi connectivity index (χ4n) is 0. The first-order chi connectivity index (χ1) is 1.41. The molecule has 0 aromatic heterocycles. The summed E-state index contributed by atoms with van der Waals surface area (Å²) in [5.74, 6) is 0. The van der Waals surface area contributed by atoms with Gasteiger partial charge in [-0.15, -0.1) is 0 Å². The Morgan fingerprint density at radius 3 is 1.75 bits per heavy atom. The van der Waals surface area contributed by atoms with Crippen LogP contribution in [0.15, 0.2) is 0 Å². The molecule has 0 aliphatic heterocycles. The molecule has 0 amide bonds. The van der Waals surface area contributed by atoms with E-state index in [1.165, 1.54) is 0 Å². The maximum absolute atomic E-state index is 7.46. The Bertz CT molecular complexity index is 6.00. The third kappa shape index (κ3) is 22.4. The first-order valence-corrected chi connectivity index (χ1v) is 0.816. The van der Waals surface area contributed by atoms with Gasteiger partial charge in [0.25, 0.3) is 0 Å². The zero-order chi connectivity index (χ0) is 2.71. The van der Waals surface area contributed by atoms with Gasteiger partial charge in [-0.2, -0.15) is 0 Å². The fraction of sp³-hybridized carbons (Fsp3) is 0.500. The number of rotatable bonds is 0. The molecule has 1 radical (unpaired) electrons. The van der Waals surface area contributed by atoms with Gasteiger partial charge in [0, 0.05) is 6.61 Å². The number of hydrogen-bond donors (Lipinski definition) is 1. The normalized spacial score (nSPS) is 4.50. The first-order valence-electron chi connectivity index (χ1n) is 0.816. The van der Waals surface area contributed by atoms with Gasteiger partial charge in [0.2, 0.25) is 0 Å². The third-order valence-electron chi connectivity index (χ3n) is 0. The van der Waals surface area contributed by atoms with Gasteiger partial charge in [0.15, 0.2) is 0 Å². The molecular formula is C2H9GeO. The molecule has 4 heavy (non-hydrogen) atoms. The predicted octanol–water partition coefficient (Wildman–Crippen LogP) is -1.64. The van der Waals surface area contributed by atoms with Crippen molar-refractivity contribution in [2.75, 3.05) is 6.61 Å². The SMILES string of the molecule is [CH2]CO.[GeH4]. The van der Waals surface area contributed by atoms with Crippen molar-refractivity contribution in [1.82, 2.24) is 0 Å². The van der Waals surface area contributed by atoms with Crippen LogP contribution in [0.2, 0.25) is 0 Å². The first kappa shape index (κ1) is 8.82. The van der Waals surface area contributed by atoms with E-state index in [0.717, 1.165) is 0 Å². The summed E-state index contributed by atoms with van der Waals surface area (Å²) in [5, 5.41) is 7.46. The predicted molar refractivity (Wildman–Crippen MR) is 23.8 cm³/mol. The van der Waals surface area contributed by atoms with Gasteiger partial charge < -0.3 is 5.11 Å². The molecule has 0 fully saturated rings. The van der Waals surface area contributed by atoms with Crippen LogP contribution >= 0.6 is 0 Å². The summed E-state index contributed by atoms with van der Waals surface area (Å²) < 4.78 is 0. The van der Waals surface area contributed by atoms with Crippen molar-refractivity contribution >= 4 is 17.6 Å². The van der Waals surface area contributed by atoms with E-state index in [2.05, 4.69) is 6.92 Å². The van der Waals surface area contributed by atoms with Crippen LogP contribution in [0.3, 0.4) is 0 Å². The van der Waals surface area contributed by atoms with E-state index in [1.54, 1.807) is 0 Å². The molecule has 0 unspecified atom stereocenters. The van der Waals surface area contributed by atoms with Crippen molar-refractivity contribution in [3.63, 3.8) is 0 Å². The minimum absolute atomic E-state index is 0. The van der Waals surface area contributed by atoms with Crippen LogP contribution in [0.4, 0.5) is 0 Å². The van der Waals surface area contributed by atoms with Crippen molar-refractivity contribution in [2.24, 2.45) is 0 Å². The zero-order valence-electron chi connectivity index (χ0n) is 1.86. The van der Waals surface area contributed by atoms with Gasteiger partial charge in [0.1, 0.15) is 0 Å². The molecule has 0 saturated carbocycles. The van der Waals surface area contributed by atoms with Gasteiger partial charge in [-0.25, -0.2) is 0 Å². The van der Waals surface area contributed by atoms with Crippen LogP contribution in [-0.4, -0.2) is 29.3 Å². The van der Waals surface area contributed by atoms with E-state index in [1.807, 2.05) is 0 Å². The monoisotopic (exact) mass is 123 g/mol. The second-order valence-electron chi connectivity index (χ2n) is 0.224. The number of hydrogen-bond acceptors (Lipinski definition) is 1. The van der Waals surface area contributed by atoms with Gasteiger partial charge in [-0.3, -0.25) is 0 Å². The van der Waals surface area contributed by atoms with Gasteiger partial charge >= 0.3 is 17.6 Å². The Labute approximate surface area is 37.0 Å². The van der Waals surface area contributed by atoms with Crippen LogP contribution in [-0.2, 0) is 0 Å². The van der Waals surface area contributed by atoms with Crippen molar-refractivity contribution in [3.8, 4) is 0 Å². The van der Waals surface area contributed by atoms with Crippen molar-refractivity contribution in [3.05, 3.63) is 6.92 Å². The average molecular weight is 122 g/mol. The molecule has 27 valence electrons. The Morgan fingerprint density at radius 2 is 1.75 bits per heavy atom. The Morgan fingerprint density at radius 1 is 1.75 bits per heavy atom. The van der Waals surface area contributed by atoms with Gasteiger partial charge in [-0.1, -0.05) is 0 Å². The summed E-state index contributed by atoms with van der Waals surface area (Å²) in [6, 6.07) is 0. The maximum atomic E-state index is 7.46. The quantitative estimate of drug-likeness (QED) is 0.382. The molecule has 0 rings (SSSR count). The second-order valence-corrected chi connectivity index (χ2v) is 0.224. The van der Waals surface area contributed by atoms with E-state index in [0.29, 0.717) is 0 Å². The summed E-state index contributed by atoms with van der Waals surface area (Å²) in [6.07, 6.45) is 0. The molecule has 2 heteroatoms. The Hall–Kier alpha value is 0.503. The molecule has 0 saturated heterocycles. The standard InChI is InChI=1S/C2H5O.GeH4/c1-2-3;/h3H,1-2H2;1H4. The molecular weight excluding hydrogens is 113 g/mol. The molecule has 0 atom stereocenters. The molecule has 0 heterocycles. The van der Waals surface area contributed by atoms with E-state index in [4.69, 9.17) is 5.11 Å². The van der Waals surface area contributed by atoms with Crippen molar-refractivity contribution < 1.29 is 5.11 Å². The fourth-order valence-corrected chi connectivity index (χ4v) is 0. The summed E-state index contributed by atoms with van der Waals surface area (Å²) >= 11 is 0. The van der Waals surface area contributed by atoms with Crippen LogP contribution < -0.4 is 0 Å². The van der Waals surface area contributed by atoms with Crippen LogP contribution in [0.25, 0.3) is 0 Å². The third-order valence-corrected chi connectivity index (χ3v) is 0. The Balaban J connectivity index is 0. The van der Waals surface area contributed by atoms with Crippen LogP contribution in [0.1, 0.15) is 0 Å². The molecule has 0 bridgehead atoms. The number of aliphatic hydroxyl groups is 1. The van der Waals surface area contributed by atoms with E-state index >= 15 is 0 Å². The van der Waals surface area contributed by atoms with Crippen molar-refractivity contribution in [2.45, 2.75) is 0 Å². The molecule has 1 nitrogen and oxygen atoms in total. The summed E-state index contributed by atoms with van der Waals surface area (Å²) in [4.78, 5) is 0. The minimum atomic E-state index is 0. The number of aliphatic hydroxyl groups excluding tert-OH is 1. The molecule has 0 aromatic rings. The zero-order valence-corrected chi connectivity index (χ0v) is 1.86. The van der Waals surface area contributed by atoms with E-state index < -0.39 is 0 Å². The van der Waals surface area contributed by atoms with Gasteiger partial charge in [-0.05, 0) is 6.92 Å². The molecule has 0 aromatic carbocycles. The molecule has 1 N–H and O–H groups in total. The topological polar surface area (TPSA) is 20.2 Å². The summed E-state index contributed by atoms with van der Waals surface area (Å²) in [7, 11) is 0. The second kappa shape index (κ2) is 9.72. The van der Waals surface area contributed by atoms with E-state index in [-0.39, 0.29) is 24.2 Å². The molecule has 0 spiro atoms. The Kier molecular flexibility index (Phi) is 21.4. The summed E-state index contributed by atoms with van der Waals surface area (Å²) in [6.45, 7) is 3.04. The van der Waals surface area contributed by atoms with E-state index in [9.17, 15) is 0 Å². The average Bonchev–Trinajstić information content (AvgIpc) is 0.918. The summed E-state index contributed by atoms with van der Waals surface area (Å²) in [5.41, 5.74) is 0.